The van der Waals surface area contributed by atoms with Crippen LogP contribution < -0.4 is 0 Å². The van der Waals surface area contributed by atoms with Crippen molar-refractivity contribution in [3.05, 3.63) is 30.6 Å². The maximum absolute atomic E-state index is 3.78. The second-order valence-electron chi connectivity index (χ2n) is 1.02. The van der Waals surface area contributed by atoms with Crippen molar-refractivity contribution < 1.29 is 27.4 Å². The van der Waals surface area contributed by atoms with Crippen molar-refractivity contribution in [3.8, 4) is 0 Å². The first kappa shape index (κ1) is 32.5. The predicted molar refractivity (Wildman–Crippen MR) is 42.3 cm³/mol. The molecule has 0 aliphatic rings. The van der Waals surface area contributed by atoms with Crippen LogP contribution in [-0.2, 0) is 0 Å². The SMILES string of the molecule is O.O.O.O.O.c1ccncc1. The highest BCUT2D eigenvalue weighted by molar-refractivity contribution is 4.88. The lowest BCUT2D eigenvalue weighted by atomic mass is 10.5. The fourth-order valence-corrected chi connectivity index (χ4v) is 0.313. The van der Waals surface area contributed by atoms with Gasteiger partial charge in [0.25, 0.3) is 0 Å². The van der Waals surface area contributed by atoms with Crippen LogP contribution in [0.25, 0.3) is 0 Å². The van der Waals surface area contributed by atoms with Gasteiger partial charge in [-0.05, 0) is 12.1 Å². The first-order valence-corrected chi connectivity index (χ1v) is 1.85. The Hall–Kier alpha value is -1.05. The lowest BCUT2D eigenvalue weighted by molar-refractivity contribution is 0.823. The highest BCUT2D eigenvalue weighted by atomic mass is 16.0. The smallest absolute Gasteiger partial charge is 0.0267 e. The standard InChI is InChI=1S/C5H5N.5H2O/c1-2-4-6-5-3-1;;;;;/h1-5H;5*1H2. The molecule has 0 fully saturated rings. The molecular weight excluding hydrogens is 154 g/mol. The summed E-state index contributed by atoms with van der Waals surface area (Å²) in [5.74, 6) is 0. The van der Waals surface area contributed by atoms with Crippen LogP contribution >= 0.6 is 0 Å². The molecule has 0 atom stereocenters. The van der Waals surface area contributed by atoms with Gasteiger partial charge in [0.15, 0.2) is 0 Å². The van der Waals surface area contributed by atoms with Crippen LogP contribution in [0.1, 0.15) is 0 Å². The van der Waals surface area contributed by atoms with Gasteiger partial charge in [0.05, 0.1) is 0 Å². The zero-order chi connectivity index (χ0) is 4.24. The van der Waals surface area contributed by atoms with Crippen LogP contribution in [0.3, 0.4) is 0 Å². The first-order chi connectivity index (χ1) is 3.00. The van der Waals surface area contributed by atoms with Crippen LogP contribution in [0.5, 0.6) is 0 Å². The van der Waals surface area contributed by atoms with E-state index in [9.17, 15) is 0 Å². The summed E-state index contributed by atoms with van der Waals surface area (Å²) in [4.78, 5) is 3.78. The normalized spacial score (nSPS) is 4.36. The van der Waals surface area contributed by atoms with Crippen molar-refractivity contribution in [2.24, 2.45) is 0 Å². The van der Waals surface area contributed by atoms with E-state index in [0.29, 0.717) is 0 Å². The summed E-state index contributed by atoms with van der Waals surface area (Å²) in [5, 5.41) is 0. The predicted octanol–water partition coefficient (Wildman–Crippen LogP) is -3.04. The molecule has 11 heavy (non-hydrogen) atoms. The Morgan fingerprint density at radius 3 is 1.00 bits per heavy atom. The fraction of sp³-hybridized carbons (Fsp3) is 0. The van der Waals surface area contributed by atoms with Crippen molar-refractivity contribution in [1.29, 1.82) is 0 Å². The summed E-state index contributed by atoms with van der Waals surface area (Å²) < 4.78 is 0. The Morgan fingerprint density at radius 2 is 0.909 bits per heavy atom. The van der Waals surface area contributed by atoms with Gasteiger partial charge < -0.3 is 27.4 Å². The molecule has 0 aromatic carbocycles. The zero-order valence-electron chi connectivity index (χ0n) is 5.83. The molecule has 0 unspecified atom stereocenters. The highest BCUT2D eigenvalue weighted by Crippen LogP contribution is 1.73. The second kappa shape index (κ2) is 23.1. The van der Waals surface area contributed by atoms with Gasteiger partial charge in [-0.2, -0.15) is 0 Å². The molecule has 0 bridgehead atoms. The number of aromatic nitrogens is 1. The maximum Gasteiger partial charge on any atom is 0.0267 e. The summed E-state index contributed by atoms with van der Waals surface area (Å²) in [6, 6.07) is 5.72. The Balaban J connectivity index is -0.0000000240. The molecule has 6 nitrogen and oxygen atoms in total. The van der Waals surface area contributed by atoms with Gasteiger partial charge in [-0.25, -0.2) is 0 Å². The quantitative estimate of drug-likeness (QED) is 0.395. The number of hydrogen-bond donors (Lipinski definition) is 0. The summed E-state index contributed by atoms with van der Waals surface area (Å²) >= 11 is 0. The minimum absolute atomic E-state index is 0. The van der Waals surface area contributed by atoms with E-state index in [2.05, 4.69) is 4.98 Å². The minimum atomic E-state index is 0. The van der Waals surface area contributed by atoms with Gasteiger partial charge >= 0.3 is 0 Å². The lowest BCUT2D eigenvalue weighted by Crippen LogP contribution is -1.58. The highest BCUT2D eigenvalue weighted by Gasteiger charge is 1.58. The Kier molecular flexibility index (Phi) is 68.3. The van der Waals surface area contributed by atoms with Crippen molar-refractivity contribution in [2.45, 2.75) is 0 Å². The Labute approximate surface area is 64.1 Å². The summed E-state index contributed by atoms with van der Waals surface area (Å²) in [6.07, 6.45) is 3.50. The summed E-state index contributed by atoms with van der Waals surface area (Å²) in [5.41, 5.74) is 0. The number of hydrogen-bond acceptors (Lipinski definition) is 1. The minimum Gasteiger partial charge on any atom is -0.412 e. The third-order valence-corrected chi connectivity index (χ3v) is 0.566. The molecule has 1 aromatic rings. The molecule has 10 N–H and O–H groups in total. The number of nitrogens with zero attached hydrogens (tertiary/aromatic N) is 1. The van der Waals surface area contributed by atoms with Crippen molar-refractivity contribution in [3.63, 3.8) is 0 Å². The van der Waals surface area contributed by atoms with Crippen molar-refractivity contribution in [1.82, 2.24) is 4.98 Å². The molecule has 0 aliphatic carbocycles. The molecule has 0 saturated carbocycles. The topological polar surface area (TPSA) is 170 Å². The van der Waals surface area contributed by atoms with E-state index in [1.165, 1.54) is 0 Å². The van der Waals surface area contributed by atoms with E-state index in [4.69, 9.17) is 0 Å². The second-order valence-corrected chi connectivity index (χ2v) is 1.02. The average molecular weight is 169 g/mol. The molecule has 0 spiro atoms. The number of pyridine rings is 1. The summed E-state index contributed by atoms with van der Waals surface area (Å²) in [6.45, 7) is 0. The molecule has 70 valence electrons. The van der Waals surface area contributed by atoms with Gasteiger partial charge in [0, 0.05) is 12.4 Å². The van der Waals surface area contributed by atoms with E-state index < -0.39 is 0 Å². The maximum atomic E-state index is 3.78. The van der Waals surface area contributed by atoms with Crippen LogP contribution in [0, 0.1) is 0 Å². The van der Waals surface area contributed by atoms with Gasteiger partial charge in [0.2, 0.25) is 0 Å². The van der Waals surface area contributed by atoms with Gasteiger partial charge in [-0.1, -0.05) is 6.07 Å². The Morgan fingerprint density at radius 1 is 0.545 bits per heavy atom. The average Bonchev–Trinajstić information content (AvgIpc) is 1.72. The molecule has 1 heterocycles. The summed E-state index contributed by atoms with van der Waals surface area (Å²) in [7, 11) is 0. The molecule has 1 aromatic heterocycles. The van der Waals surface area contributed by atoms with Crippen LogP contribution in [0.2, 0.25) is 0 Å². The van der Waals surface area contributed by atoms with Crippen molar-refractivity contribution in [2.75, 3.05) is 0 Å². The number of rotatable bonds is 0. The van der Waals surface area contributed by atoms with E-state index in [1.54, 1.807) is 12.4 Å². The first-order valence-electron chi connectivity index (χ1n) is 1.85. The van der Waals surface area contributed by atoms with E-state index in [1.807, 2.05) is 18.2 Å². The van der Waals surface area contributed by atoms with Gasteiger partial charge in [0.1, 0.15) is 0 Å². The van der Waals surface area contributed by atoms with E-state index in [0.717, 1.165) is 0 Å². The van der Waals surface area contributed by atoms with Crippen LogP contribution in [-0.4, -0.2) is 32.4 Å². The largest absolute Gasteiger partial charge is 0.412 e. The molecule has 1 rings (SSSR count). The fourth-order valence-electron chi connectivity index (χ4n) is 0.313. The molecule has 0 amide bonds. The van der Waals surface area contributed by atoms with E-state index in [-0.39, 0.29) is 27.4 Å². The van der Waals surface area contributed by atoms with Crippen LogP contribution in [0.4, 0.5) is 0 Å². The third kappa shape index (κ3) is 17.6. The third-order valence-electron chi connectivity index (χ3n) is 0.566. The van der Waals surface area contributed by atoms with Crippen molar-refractivity contribution >= 4 is 0 Å². The lowest BCUT2D eigenvalue weighted by Gasteiger charge is -1.70. The zero-order valence-corrected chi connectivity index (χ0v) is 5.83. The monoisotopic (exact) mass is 169 g/mol. The van der Waals surface area contributed by atoms with Gasteiger partial charge in [-0.3, -0.25) is 4.98 Å². The molecule has 0 saturated heterocycles. The Bertz CT molecular complexity index is 86.8. The molecule has 6 heteroatoms. The van der Waals surface area contributed by atoms with Crippen LogP contribution in [0.15, 0.2) is 30.6 Å². The van der Waals surface area contributed by atoms with Gasteiger partial charge in [-0.15, -0.1) is 0 Å². The molecular formula is C5H15NO5. The molecule has 0 radical (unpaired) electrons. The van der Waals surface area contributed by atoms with E-state index >= 15 is 0 Å². The molecule has 0 aliphatic heterocycles.